The van der Waals surface area contributed by atoms with Gasteiger partial charge in [0.2, 0.25) is 28.9 Å². The molecule has 42 heavy (non-hydrogen) atoms. The van der Waals surface area contributed by atoms with Crippen molar-refractivity contribution in [3.05, 3.63) is 94.5 Å². The van der Waals surface area contributed by atoms with E-state index in [0.29, 0.717) is 17.8 Å². The van der Waals surface area contributed by atoms with Gasteiger partial charge in [-0.2, -0.15) is 4.39 Å². The van der Waals surface area contributed by atoms with Gasteiger partial charge >= 0.3 is 0 Å². The highest BCUT2D eigenvalue weighted by molar-refractivity contribution is 7.77. The number of nitrogens with zero attached hydrogens (tertiary/aromatic N) is 3. The highest BCUT2D eigenvalue weighted by atomic mass is 35.5. The molecule has 0 radical (unpaired) electrons. The van der Waals surface area contributed by atoms with Crippen LogP contribution in [-0.4, -0.2) is 49.0 Å². The zero-order chi connectivity index (χ0) is 29.8. The predicted molar refractivity (Wildman–Crippen MR) is 149 cm³/mol. The van der Waals surface area contributed by atoms with Crippen LogP contribution >= 0.6 is 11.6 Å². The Labute approximate surface area is 245 Å². The molecule has 0 bridgehead atoms. The van der Waals surface area contributed by atoms with Crippen LogP contribution in [0.3, 0.4) is 0 Å². The number of pyridine rings is 1. The molecule has 0 spiro atoms. The fourth-order valence-electron chi connectivity index (χ4n) is 4.55. The van der Waals surface area contributed by atoms with E-state index in [-0.39, 0.29) is 36.4 Å². The number of aromatic nitrogens is 3. The van der Waals surface area contributed by atoms with Gasteiger partial charge in [-0.05, 0) is 24.3 Å². The van der Waals surface area contributed by atoms with Crippen LogP contribution in [0.2, 0.25) is 5.02 Å². The number of piperidine rings is 1. The summed E-state index contributed by atoms with van der Waals surface area (Å²) in [6, 6.07) is 8.93. The maximum atomic E-state index is 15.5. The van der Waals surface area contributed by atoms with Crippen LogP contribution in [-0.2, 0) is 11.3 Å². The van der Waals surface area contributed by atoms with Crippen LogP contribution in [0.5, 0.6) is 11.6 Å². The van der Waals surface area contributed by atoms with Crippen LogP contribution in [0, 0.1) is 17.5 Å². The smallest absolute Gasteiger partial charge is 0.232 e. The molecule has 3 heterocycles. The van der Waals surface area contributed by atoms with E-state index in [1.807, 2.05) is 0 Å². The monoisotopic (exact) mass is 622 g/mol. The molecule has 4 aromatic rings. The van der Waals surface area contributed by atoms with Crippen molar-refractivity contribution in [1.82, 2.24) is 25.0 Å². The van der Waals surface area contributed by atoms with Crippen molar-refractivity contribution in [1.29, 1.82) is 0 Å². The molecular formula is C27H23ClF4N6O3S. The van der Waals surface area contributed by atoms with Gasteiger partial charge in [0, 0.05) is 55.1 Å². The van der Waals surface area contributed by atoms with Crippen LogP contribution in [0.4, 0.5) is 23.5 Å². The van der Waals surface area contributed by atoms with E-state index in [1.54, 1.807) is 18.2 Å². The molecule has 2 unspecified atom stereocenters. The Morgan fingerprint density at radius 2 is 1.88 bits per heavy atom. The molecule has 2 aromatic heterocycles. The lowest BCUT2D eigenvalue weighted by molar-refractivity contribution is 0.254. The van der Waals surface area contributed by atoms with E-state index < -0.39 is 57.3 Å². The Morgan fingerprint density at radius 1 is 1.07 bits per heavy atom. The molecule has 1 saturated heterocycles. The van der Waals surface area contributed by atoms with Crippen molar-refractivity contribution in [2.24, 2.45) is 0 Å². The predicted octanol–water partition coefficient (Wildman–Crippen LogP) is 5.33. The molecule has 1 aliphatic heterocycles. The summed E-state index contributed by atoms with van der Waals surface area (Å²) in [5.74, 6) is -4.42. The number of benzene rings is 2. The lowest BCUT2D eigenvalue weighted by Crippen LogP contribution is -2.44. The standard InChI is InChI=1S/C27H23ClF4N6O3S/c28-18-11-21(23(31)24(32)22(18)25(38-42(39)40)16-4-1-2-6-19(16)30)41-26-17(5-3-8-34-26)20-7-9-35-27(37-20)36-15-10-14(29)12-33-13-15/h1-9,11,14-15,25,33,38H,10,12-13H2,(H,39,40)(H,35,36,37)/t14-,15-,25?/m0/s1. The minimum absolute atomic E-state index is 0.146. The zero-order valence-electron chi connectivity index (χ0n) is 21.5. The molecular weight excluding hydrogens is 600 g/mol. The van der Waals surface area contributed by atoms with Crippen molar-refractivity contribution in [3.63, 3.8) is 0 Å². The van der Waals surface area contributed by atoms with Crippen LogP contribution in [0.1, 0.15) is 23.6 Å². The topological polar surface area (TPSA) is 121 Å². The van der Waals surface area contributed by atoms with Crippen molar-refractivity contribution >= 4 is 28.8 Å². The van der Waals surface area contributed by atoms with Gasteiger partial charge in [-0.1, -0.05) is 29.8 Å². The van der Waals surface area contributed by atoms with Gasteiger partial charge in [0.15, 0.2) is 11.6 Å². The molecule has 9 nitrogen and oxygen atoms in total. The summed E-state index contributed by atoms with van der Waals surface area (Å²) in [5, 5.41) is 5.65. The third-order valence-electron chi connectivity index (χ3n) is 6.42. The Balaban J connectivity index is 1.47. The number of hydrogen-bond donors (Lipinski definition) is 4. The van der Waals surface area contributed by atoms with Gasteiger partial charge in [0.05, 0.1) is 22.3 Å². The fourth-order valence-corrected chi connectivity index (χ4v) is 5.28. The maximum Gasteiger partial charge on any atom is 0.232 e. The highest BCUT2D eigenvalue weighted by Gasteiger charge is 2.30. The van der Waals surface area contributed by atoms with E-state index >= 15 is 8.78 Å². The fraction of sp³-hybridized carbons (Fsp3) is 0.222. The molecule has 0 saturated carbocycles. The highest BCUT2D eigenvalue weighted by Crippen LogP contribution is 2.39. The van der Waals surface area contributed by atoms with E-state index in [1.165, 1.54) is 30.6 Å². The molecule has 1 fully saturated rings. The number of anilines is 1. The molecule has 4 atom stereocenters. The van der Waals surface area contributed by atoms with Crippen LogP contribution in [0.15, 0.2) is 60.9 Å². The second-order valence-corrected chi connectivity index (χ2v) is 10.4. The number of halogens is 5. The van der Waals surface area contributed by atoms with E-state index in [0.717, 1.165) is 12.1 Å². The maximum absolute atomic E-state index is 15.5. The summed E-state index contributed by atoms with van der Waals surface area (Å²) < 4.78 is 88.0. The largest absolute Gasteiger partial charge is 0.435 e. The first kappa shape index (κ1) is 29.8. The van der Waals surface area contributed by atoms with Gasteiger partial charge in [0.1, 0.15) is 12.0 Å². The minimum atomic E-state index is -2.74. The van der Waals surface area contributed by atoms with Gasteiger partial charge in [-0.15, -0.1) is 0 Å². The molecule has 2 aromatic carbocycles. The van der Waals surface area contributed by atoms with Crippen molar-refractivity contribution in [2.75, 3.05) is 18.4 Å². The lowest BCUT2D eigenvalue weighted by Gasteiger charge is -2.26. The SMILES string of the molecule is O=S(O)NC(c1ccccc1F)c1c(Cl)cc(Oc2ncccc2-c2ccnc(N[C@@H]3CNC[C@@H](F)C3)n2)c(F)c1F. The van der Waals surface area contributed by atoms with Gasteiger partial charge < -0.3 is 15.4 Å². The Bertz CT molecular complexity index is 1620. The summed E-state index contributed by atoms with van der Waals surface area (Å²) in [6.07, 6.45) is 2.12. The number of ether oxygens (including phenoxy) is 1. The van der Waals surface area contributed by atoms with Crippen molar-refractivity contribution in [2.45, 2.75) is 24.7 Å². The number of nitrogens with one attached hydrogen (secondary N) is 3. The van der Waals surface area contributed by atoms with Gasteiger partial charge in [0.25, 0.3) is 0 Å². The van der Waals surface area contributed by atoms with Crippen LogP contribution in [0.25, 0.3) is 11.3 Å². The van der Waals surface area contributed by atoms with Crippen LogP contribution < -0.4 is 20.1 Å². The summed E-state index contributed by atoms with van der Waals surface area (Å²) in [7, 11) is 0. The normalized spacial score (nSPS) is 18.3. The van der Waals surface area contributed by atoms with Gasteiger partial charge in [-0.25, -0.2) is 37.1 Å². The molecule has 0 aliphatic carbocycles. The van der Waals surface area contributed by atoms with E-state index in [4.69, 9.17) is 16.3 Å². The quantitative estimate of drug-likeness (QED) is 0.112. The summed E-state index contributed by atoms with van der Waals surface area (Å²) in [4.78, 5) is 12.8. The first-order valence-corrected chi connectivity index (χ1v) is 14.1. The molecule has 15 heteroatoms. The van der Waals surface area contributed by atoms with Crippen molar-refractivity contribution < 1.29 is 31.1 Å². The van der Waals surface area contributed by atoms with Crippen molar-refractivity contribution in [3.8, 4) is 22.9 Å². The average molecular weight is 623 g/mol. The third kappa shape index (κ3) is 6.68. The minimum Gasteiger partial charge on any atom is -0.435 e. The molecule has 220 valence electrons. The second kappa shape index (κ2) is 13.1. The molecule has 5 rings (SSSR count). The van der Waals surface area contributed by atoms with E-state index in [2.05, 4.69) is 30.3 Å². The summed E-state index contributed by atoms with van der Waals surface area (Å²) in [6.45, 7) is 0.803. The molecule has 1 aliphatic rings. The lowest BCUT2D eigenvalue weighted by atomic mass is 9.98. The Morgan fingerprint density at radius 3 is 2.64 bits per heavy atom. The Kier molecular flexibility index (Phi) is 9.28. The first-order valence-electron chi connectivity index (χ1n) is 12.6. The molecule has 0 amide bonds. The summed E-state index contributed by atoms with van der Waals surface area (Å²) >= 11 is 3.58. The molecule has 4 N–H and O–H groups in total. The Hall–Kier alpha value is -3.69. The summed E-state index contributed by atoms with van der Waals surface area (Å²) in [5.41, 5.74) is -0.210. The third-order valence-corrected chi connectivity index (χ3v) is 7.17. The zero-order valence-corrected chi connectivity index (χ0v) is 23.1. The first-order chi connectivity index (χ1) is 20.2. The number of hydrogen-bond acceptors (Lipinski definition) is 7. The van der Waals surface area contributed by atoms with Gasteiger partial charge in [-0.3, -0.25) is 4.55 Å². The van der Waals surface area contributed by atoms with E-state index in [9.17, 15) is 17.5 Å². The second-order valence-electron chi connectivity index (χ2n) is 9.28. The number of rotatable bonds is 9. The number of alkyl halides is 1. The average Bonchev–Trinajstić information content (AvgIpc) is 2.96.